The van der Waals surface area contributed by atoms with Crippen molar-refractivity contribution in [2.45, 2.75) is 12.8 Å². The van der Waals surface area contributed by atoms with Crippen molar-refractivity contribution >= 4 is 17.7 Å². The average Bonchev–Trinajstić information content (AvgIpc) is 2.79. The number of carbonyl (C=O) groups is 3. The van der Waals surface area contributed by atoms with Crippen molar-refractivity contribution in [2.75, 3.05) is 32.7 Å². The smallest absolute Gasteiger partial charge is 0.262 e. The first-order chi connectivity index (χ1) is 11.1. The Morgan fingerprint density at radius 3 is 2.17 bits per heavy atom. The van der Waals surface area contributed by atoms with Crippen LogP contribution in [0.3, 0.4) is 0 Å². The van der Waals surface area contributed by atoms with Crippen molar-refractivity contribution < 1.29 is 14.4 Å². The van der Waals surface area contributed by atoms with E-state index in [4.69, 9.17) is 0 Å². The molecule has 2 saturated heterocycles. The number of piperidine rings is 1. The van der Waals surface area contributed by atoms with Gasteiger partial charge in [-0.1, -0.05) is 12.1 Å². The number of benzene rings is 1. The lowest BCUT2D eigenvalue weighted by molar-refractivity contribution is -0.145. The Labute approximate surface area is 134 Å². The molecule has 2 fully saturated rings. The number of imide groups is 1. The molecular weight excluding hydrogens is 294 g/mol. The van der Waals surface area contributed by atoms with Gasteiger partial charge < -0.3 is 10.2 Å². The number of carbonyl (C=O) groups excluding carboxylic acids is 3. The summed E-state index contributed by atoms with van der Waals surface area (Å²) in [6, 6.07) is 6.72. The Hall–Kier alpha value is -2.21. The van der Waals surface area contributed by atoms with Gasteiger partial charge in [-0.15, -0.1) is 0 Å². The van der Waals surface area contributed by atoms with E-state index in [2.05, 4.69) is 5.32 Å². The molecule has 3 amide bonds. The summed E-state index contributed by atoms with van der Waals surface area (Å²) in [5.74, 6) is -0.865. The Bertz CT molecular complexity index is 651. The SMILES string of the molecule is O=C(CN1C(=O)c2ccccc2C1=O)N1CC2(CCNCC2)C1. The van der Waals surface area contributed by atoms with Crippen LogP contribution in [0.4, 0.5) is 0 Å². The van der Waals surface area contributed by atoms with E-state index in [0.29, 0.717) is 11.1 Å². The Morgan fingerprint density at radius 2 is 1.61 bits per heavy atom. The number of hydrogen-bond acceptors (Lipinski definition) is 4. The van der Waals surface area contributed by atoms with E-state index >= 15 is 0 Å². The first-order valence-corrected chi connectivity index (χ1v) is 8.03. The number of hydrogen-bond donors (Lipinski definition) is 1. The van der Waals surface area contributed by atoms with Gasteiger partial charge in [-0.3, -0.25) is 19.3 Å². The maximum Gasteiger partial charge on any atom is 0.262 e. The third-order valence-electron chi connectivity index (χ3n) is 5.24. The molecule has 0 atom stereocenters. The molecule has 0 bridgehead atoms. The fourth-order valence-electron chi connectivity index (χ4n) is 3.83. The van der Waals surface area contributed by atoms with Gasteiger partial charge in [0.25, 0.3) is 11.8 Å². The molecule has 120 valence electrons. The van der Waals surface area contributed by atoms with Crippen LogP contribution < -0.4 is 5.32 Å². The monoisotopic (exact) mass is 313 g/mol. The molecule has 23 heavy (non-hydrogen) atoms. The fraction of sp³-hybridized carbons (Fsp3) is 0.471. The lowest BCUT2D eigenvalue weighted by Gasteiger charge is -2.52. The van der Waals surface area contributed by atoms with Crippen molar-refractivity contribution in [3.05, 3.63) is 35.4 Å². The van der Waals surface area contributed by atoms with Crippen molar-refractivity contribution in [3.63, 3.8) is 0 Å². The number of amides is 3. The topological polar surface area (TPSA) is 69.7 Å². The zero-order chi connectivity index (χ0) is 16.0. The minimum atomic E-state index is -0.365. The van der Waals surface area contributed by atoms with Crippen molar-refractivity contribution in [2.24, 2.45) is 5.41 Å². The van der Waals surface area contributed by atoms with Crippen molar-refractivity contribution in [3.8, 4) is 0 Å². The zero-order valence-corrected chi connectivity index (χ0v) is 12.9. The molecule has 6 heteroatoms. The summed E-state index contributed by atoms with van der Waals surface area (Å²) >= 11 is 0. The maximum atomic E-state index is 12.4. The van der Waals surface area contributed by atoms with Gasteiger partial charge in [-0.25, -0.2) is 0 Å². The van der Waals surface area contributed by atoms with Crippen LogP contribution in [-0.4, -0.2) is 60.2 Å². The second kappa shape index (κ2) is 5.16. The largest absolute Gasteiger partial charge is 0.340 e. The van der Waals surface area contributed by atoms with E-state index in [9.17, 15) is 14.4 Å². The van der Waals surface area contributed by atoms with Crippen LogP contribution in [0, 0.1) is 5.41 Å². The Morgan fingerprint density at radius 1 is 1.04 bits per heavy atom. The molecule has 0 radical (unpaired) electrons. The summed E-state index contributed by atoms with van der Waals surface area (Å²) in [5, 5.41) is 3.33. The molecule has 4 rings (SSSR count). The zero-order valence-electron chi connectivity index (χ0n) is 12.9. The first kappa shape index (κ1) is 14.4. The average molecular weight is 313 g/mol. The highest BCUT2D eigenvalue weighted by Crippen LogP contribution is 2.38. The Balaban J connectivity index is 1.41. The quantitative estimate of drug-likeness (QED) is 0.807. The number of rotatable bonds is 2. The summed E-state index contributed by atoms with van der Waals surface area (Å²) in [7, 11) is 0. The van der Waals surface area contributed by atoms with Crippen LogP contribution in [0.25, 0.3) is 0 Å². The van der Waals surface area contributed by atoms with Crippen LogP contribution in [0.2, 0.25) is 0 Å². The summed E-state index contributed by atoms with van der Waals surface area (Å²) in [5.41, 5.74) is 1.04. The maximum absolute atomic E-state index is 12.4. The van der Waals surface area contributed by atoms with E-state index in [1.54, 1.807) is 29.2 Å². The van der Waals surface area contributed by atoms with E-state index < -0.39 is 0 Å². The molecule has 3 aliphatic rings. The number of nitrogens with zero attached hydrogens (tertiary/aromatic N) is 2. The van der Waals surface area contributed by atoms with Gasteiger partial charge >= 0.3 is 0 Å². The van der Waals surface area contributed by atoms with Crippen LogP contribution in [0.1, 0.15) is 33.6 Å². The molecule has 6 nitrogen and oxygen atoms in total. The van der Waals surface area contributed by atoms with Gasteiger partial charge in [0.05, 0.1) is 11.1 Å². The normalized spacial score (nSPS) is 22.3. The molecule has 1 N–H and O–H groups in total. The molecule has 0 unspecified atom stereocenters. The molecule has 0 aliphatic carbocycles. The molecule has 1 aromatic carbocycles. The number of fused-ring (bicyclic) bond motifs is 1. The highest BCUT2D eigenvalue weighted by molar-refractivity contribution is 6.22. The number of likely N-dealkylation sites (tertiary alicyclic amines) is 1. The van der Waals surface area contributed by atoms with Gasteiger partial charge in [-0.2, -0.15) is 0 Å². The summed E-state index contributed by atoms with van der Waals surface area (Å²) in [6.07, 6.45) is 2.17. The lowest BCUT2D eigenvalue weighted by Crippen LogP contribution is -2.63. The molecule has 1 spiro atoms. The van der Waals surface area contributed by atoms with E-state index in [1.165, 1.54) is 0 Å². The molecule has 3 heterocycles. The van der Waals surface area contributed by atoms with Gasteiger partial charge in [0.15, 0.2) is 0 Å². The third kappa shape index (κ3) is 2.25. The van der Waals surface area contributed by atoms with Gasteiger partial charge in [0.2, 0.25) is 5.91 Å². The lowest BCUT2D eigenvalue weighted by atomic mass is 9.72. The summed E-state index contributed by atoms with van der Waals surface area (Å²) in [6.45, 7) is 3.34. The number of nitrogens with one attached hydrogen (secondary N) is 1. The van der Waals surface area contributed by atoms with Crippen molar-refractivity contribution in [1.82, 2.24) is 15.1 Å². The molecule has 0 aromatic heterocycles. The molecule has 3 aliphatic heterocycles. The Kier molecular flexibility index (Phi) is 3.23. The van der Waals surface area contributed by atoms with Gasteiger partial charge in [0, 0.05) is 18.5 Å². The molecule has 0 saturated carbocycles. The summed E-state index contributed by atoms with van der Waals surface area (Å²) < 4.78 is 0. The van der Waals surface area contributed by atoms with E-state index in [-0.39, 0.29) is 29.7 Å². The predicted molar refractivity (Wildman–Crippen MR) is 82.9 cm³/mol. The van der Waals surface area contributed by atoms with E-state index in [1.807, 2.05) is 0 Å². The predicted octanol–water partition coefficient (Wildman–Crippen LogP) is 0.495. The minimum Gasteiger partial charge on any atom is -0.340 e. The van der Waals surface area contributed by atoms with Crippen molar-refractivity contribution in [1.29, 1.82) is 0 Å². The summed E-state index contributed by atoms with van der Waals surface area (Å²) in [4.78, 5) is 39.8. The highest BCUT2D eigenvalue weighted by Gasteiger charge is 2.46. The first-order valence-electron chi connectivity index (χ1n) is 8.03. The fourth-order valence-corrected chi connectivity index (χ4v) is 3.83. The standard InChI is InChI=1S/C17H19N3O3/c21-14(19-10-17(11-19)5-7-18-8-6-17)9-20-15(22)12-3-1-2-4-13(12)16(20)23/h1-4,18H,5-11H2. The molecular formula is C17H19N3O3. The van der Waals surface area contributed by atoms with E-state index in [0.717, 1.165) is 43.9 Å². The van der Waals surface area contributed by atoms with Crippen LogP contribution in [-0.2, 0) is 4.79 Å². The van der Waals surface area contributed by atoms with Crippen LogP contribution in [0.15, 0.2) is 24.3 Å². The third-order valence-corrected chi connectivity index (χ3v) is 5.24. The second-order valence-corrected chi connectivity index (χ2v) is 6.74. The molecule has 1 aromatic rings. The van der Waals surface area contributed by atoms with Gasteiger partial charge in [0.1, 0.15) is 6.54 Å². The highest BCUT2D eigenvalue weighted by atomic mass is 16.2. The second-order valence-electron chi connectivity index (χ2n) is 6.74. The minimum absolute atomic E-state index is 0.135. The van der Waals surface area contributed by atoms with Crippen LogP contribution >= 0.6 is 0 Å². The van der Waals surface area contributed by atoms with Gasteiger partial charge in [-0.05, 0) is 38.1 Å². The van der Waals surface area contributed by atoms with Crippen LogP contribution in [0.5, 0.6) is 0 Å².